The summed E-state index contributed by atoms with van der Waals surface area (Å²) in [6.45, 7) is 3.16. The van der Waals surface area contributed by atoms with Gasteiger partial charge in [-0.05, 0) is 31.4 Å². The summed E-state index contributed by atoms with van der Waals surface area (Å²) >= 11 is 0. The van der Waals surface area contributed by atoms with E-state index in [1.807, 2.05) is 4.90 Å². The predicted molar refractivity (Wildman–Crippen MR) is 112 cm³/mol. The lowest BCUT2D eigenvalue weighted by Crippen LogP contribution is -2.50. The fourth-order valence-electron chi connectivity index (χ4n) is 4.55. The van der Waals surface area contributed by atoms with Crippen LogP contribution in [0.2, 0.25) is 0 Å². The molecular weight excluding hydrogens is 432 g/mol. The Labute approximate surface area is 176 Å². The molecule has 3 aliphatic heterocycles. The number of piperazine rings is 1. The smallest absolute Gasteiger partial charge is 0.293 e. The highest BCUT2D eigenvalue weighted by atomic mass is 32.2. The average molecular weight is 459 g/mol. The SMILES string of the molecule is O=[N+]([O-])c1cc(S(=O)(=O)N2CCCC2)ccc1N1CCN(C2CCS(=O)(=O)C2)CC1. The van der Waals surface area contributed by atoms with E-state index in [0.29, 0.717) is 51.4 Å². The lowest BCUT2D eigenvalue weighted by atomic mass is 10.1. The number of sulfone groups is 1. The maximum atomic E-state index is 12.8. The van der Waals surface area contributed by atoms with Crippen molar-refractivity contribution in [2.75, 3.05) is 55.7 Å². The number of hydrogen-bond acceptors (Lipinski definition) is 8. The summed E-state index contributed by atoms with van der Waals surface area (Å²) in [5.74, 6) is 0.395. The van der Waals surface area contributed by atoms with E-state index in [9.17, 15) is 26.9 Å². The molecule has 1 atom stereocenters. The minimum atomic E-state index is -3.73. The standard InChI is InChI=1S/C18H26N4O6S2/c23-22(24)18-13-16(30(27,28)21-6-1-2-7-21)3-4-17(18)20-10-8-19(9-11-20)15-5-12-29(25,26)14-15/h3-4,13,15H,1-2,5-12,14H2. The van der Waals surface area contributed by atoms with Crippen LogP contribution >= 0.6 is 0 Å². The fourth-order valence-corrected chi connectivity index (χ4v) is 7.85. The van der Waals surface area contributed by atoms with E-state index in [-0.39, 0.29) is 28.1 Å². The van der Waals surface area contributed by atoms with Crippen LogP contribution in [0, 0.1) is 10.1 Å². The normalized spacial score (nSPS) is 25.6. The number of hydrogen-bond donors (Lipinski definition) is 0. The van der Waals surface area contributed by atoms with Crippen LogP contribution in [0.5, 0.6) is 0 Å². The first-order valence-corrected chi connectivity index (χ1v) is 13.4. The summed E-state index contributed by atoms with van der Waals surface area (Å²) in [5.41, 5.74) is 0.186. The van der Waals surface area contributed by atoms with Crippen LogP contribution in [-0.2, 0) is 19.9 Å². The van der Waals surface area contributed by atoms with Gasteiger partial charge in [0.1, 0.15) is 5.69 Å². The third kappa shape index (κ3) is 4.18. The van der Waals surface area contributed by atoms with Crippen LogP contribution in [0.1, 0.15) is 19.3 Å². The van der Waals surface area contributed by atoms with E-state index in [2.05, 4.69) is 4.90 Å². The second-order valence-electron chi connectivity index (χ2n) is 8.10. The molecule has 30 heavy (non-hydrogen) atoms. The molecule has 1 unspecified atom stereocenters. The molecule has 0 bridgehead atoms. The van der Waals surface area contributed by atoms with Gasteiger partial charge < -0.3 is 4.90 Å². The summed E-state index contributed by atoms with van der Waals surface area (Å²) in [7, 11) is -6.69. The molecular formula is C18H26N4O6S2. The first kappa shape index (κ1) is 21.5. The number of rotatable bonds is 5. The van der Waals surface area contributed by atoms with E-state index in [1.165, 1.54) is 22.5 Å². The topological polar surface area (TPSA) is 121 Å². The molecule has 0 spiro atoms. The minimum Gasteiger partial charge on any atom is -0.363 e. The molecule has 1 aromatic rings. The lowest BCUT2D eigenvalue weighted by Gasteiger charge is -2.38. The van der Waals surface area contributed by atoms with Gasteiger partial charge in [-0.2, -0.15) is 4.31 Å². The zero-order valence-electron chi connectivity index (χ0n) is 16.6. The quantitative estimate of drug-likeness (QED) is 0.467. The molecule has 10 nitrogen and oxygen atoms in total. The van der Waals surface area contributed by atoms with Crippen molar-refractivity contribution in [1.82, 2.24) is 9.21 Å². The Hall–Kier alpha value is -1.76. The molecule has 12 heteroatoms. The van der Waals surface area contributed by atoms with Gasteiger partial charge in [0.05, 0.1) is 21.3 Å². The summed E-state index contributed by atoms with van der Waals surface area (Å²) in [6, 6.07) is 4.15. The summed E-state index contributed by atoms with van der Waals surface area (Å²) in [4.78, 5) is 15.1. The van der Waals surface area contributed by atoms with Crippen LogP contribution in [0.4, 0.5) is 11.4 Å². The Morgan fingerprint density at radius 1 is 1.03 bits per heavy atom. The molecule has 4 rings (SSSR count). The number of sulfonamides is 1. The number of anilines is 1. The number of nitro benzene ring substituents is 1. The Kier molecular flexibility index (Phi) is 5.77. The molecule has 3 fully saturated rings. The maximum Gasteiger partial charge on any atom is 0.293 e. The van der Waals surface area contributed by atoms with Gasteiger partial charge in [-0.1, -0.05) is 0 Å². The van der Waals surface area contributed by atoms with Crippen LogP contribution in [0.25, 0.3) is 0 Å². The highest BCUT2D eigenvalue weighted by Crippen LogP contribution is 2.33. The van der Waals surface area contributed by atoms with Gasteiger partial charge in [0.2, 0.25) is 10.0 Å². The minimum absolute atomic E-state index is 0.0140. The molecule has 1 aromatic carbocycles. The fraction of sp³-hybridized carbons (Fsp3) is 0.667. The molecule has 166 valence electrons. The zero-order valence-corrected chi connectivity index (χ0v) is 18.3. The summed E-state index contributed by atoms with van der Waals surface area (Å²) in [6.07, 6.45) is 2.23. The highest BCUT2D eigenvalue weighted by molar-refractivity contribution is 7.91. The lowest BCUT2D eigenvalue weighted by molar-refractivity contribution is -0.384. The molecule has 3 aliphatic rings. The molecule has 0 amide bonds. The van der Waals surface area contributed by atoms with Crippen molar-refractivity contribution >= 4 is 31.2 Å². The Balaban J connectivity index is 1.51. The number of nitrogens with zero attached hydrogens (tertiary/aromatic N) is 4. The molecule has 0 N–H and O–H groups in total. The summed E-state index contributed by atoms with van der Waals surface area (Å²) in [5, 5.41) is 11.7. The molecule has 3 saturated heterocycles. The van der Waals surface area contributed by atoms with Crippen LogP contribution in [-0.4, -0.2) is 87.8 Å². The van der Waals surface area contributed by atoms with Crippen molar-refractivity contribution in [2.24, 2.45) is 0 Å². The average Bonchev–Trinajstić information content (AvgIpc) is 3.38. The maximum absolute atomic E-state index is 12.8. The summed E-state index contributed by atoms with van der Waals surface area (Å²) < 4.78 is 50.4. The van der Waals surface area contributed by atoms with Gasteiger partial charge in [0.15, 0.2) is 9.84 Å². The van der Waals surface area contributed by atoms with Crippen LogP contribution in [0.3, 0.4) is 0 Å². The molecule has 3 heterocycles. The van der Waals surface area contributed by atoms with E-state index >= 15 is 0 Å². The largest absolute Gasteiger partial charge is 0.363 e. The zero-order chi connectivity index (χ0) is 21.5. The van der Waals surface area contributed by atoms with Crippen LogP contribution in [0.15, 0.2) is 23.1 Å². The number of benzene rings is 1. The van der Waals surface area contributed by atoms with Crippen LogP contribution < -0.4 is 4.90 Å². The third-order valence-corrected chi connectivity index (χ3v) is 9.87. The second-order valence-corrected chi connectivity index (χ2v) is 12.3. The van der Waals surface area contributed by atoms with Gasteiger partial charge in [-0.3, -0.25) is 15.0 Å². The number of nitro groups is 1. The second kappa shape index (κ2) is 8.06. The van der Waals surface area contributed by atoms with Gasteiger partial charge in [-0.15, -0.1) is 0 Å². The molecule has 0 aliphatic carbocycles. The van der Waals surface area contributed by atoms with E-state index < -0.39 is 24.8 Å². The third-order valence-electron chi connectivity index (χ3n) is 6.23. The van der Waals surface area contributed by atoms with E-state index in [0.717, 1.165) is 12.8 Å². The van der Waals surface area contributed by atoms with Crippen molar-refractivity contribution in [3.63, 3.8) is 0 Å². The Bertz CT molecular complexity index is 1030. The Morgan fingerprint density at radius 2 is 1.70 bits per heavy atom. The monoisotopic (exact) mass is 458 g/mol. The first-order chi connectivity index (χ1) is 14.2. The van der Waals surface area contributed by atoms with Gasteiger partial charge in [0, 0.05) is 51.4 Å². The van der Waals surface area contributed by atoms with Gasteiger partial charge in [-0.25, -0.2) is 16.8 Å². The highest BCUT2D eigenvalue weighted by Gasteiger charge is 2.35. The van der Waals surface area contributed by atoms with Crippen molar-refractivity contribution < 1.29 is 21.8 Å². The molecule has 0 radical (unpaired) electrons. The van der Waals surface area contributed by atoms with E-state index in [1.54, 1.807) is 0 Å². The van der Waals surface area contributed by atoms with Crippen molar-refractivity contribution in [1.29, 1.82) is 0 Å². The van der Waals surface area contributed by atoms with Crippen molar-refractivity contribution in [2.45, 2.75) is 30.2 Å². The first-order valence-electron chi connectivity index (χ1n) is 10.2. The van der Waals surface area contributed by atoms with Crippen molar-refractivity contribution in [3.05, 3.63) is 28.3 Å². The Morgan fingerprint density at radius 3 is 2.27 bits per heavy atom. The van der Waals surface area contributed by atoms with Gasteiger partial charge >= 0.3 is 0 Å². The molecule has 0 saturated carbocycles. The van der Waals surface area contributed by atoms with Gasteiger partial charge in [0.25, 0.3) is 5.69 Å². The van der Waals surface area contributed by atoms with Crippen molar-refractivity contribution in [3.8, 4) is 0 Å². The molecule has 0 aromatic heterocycles. The predicted octanol–water partition coefficient (Wildman–Crippen LogP) is 0.688. The van der Waals surface area contributed by atoms with E-state index in [4.69, 9.17) is 0 Å².